The zero-order valence-electron chi connectivity index (χ0n) is 8.69. The molecule has 4 rings (SSSR count). The summed E-state index contributed by atoms with van der Waals surface area (Å²) >= 11 is 0. The molecule has 3 nitrogen and oxygen atoms in total. The standard InChI is InChI=1S/C11H17N3/c1-13-7-9-8-2-4-14(5-3-8)11(9)10(13)6-12/h8-11H,2-5,7H2,1H3. The number of fused-ring (bicyclic) bond motifs is 2. The summed E-state index contributed by atoms with van der Waals surface area (Å²) in [5, 5.41) is 9.19. The number of likely N-dealkylation sites (N-methyl/N-ethyl adjacent to an activating group) is 1. The first-order chi connectivity index (χ1) is 6.81. The van der Waals surface area contributed by atoms with Gasteiger partial charge in [-0.2, -0.15) is 5.26 Å². The van der Waals surface area contributed by atoms with Crippen molar-refractivity contribution in [3.05, 3.63) is 0 Å². The molecule has 76 valence electrons. The van der Waals surface area contributed by atoms with E-state index in [9.17, 15) is 5.26 Å². The van der Waals surface area contributed by atoms with Crippen LogP contribution in [0.2, 0.25) is 0 Å². The highest BCUT2D eigenvalue weighted by Gasteiger charge is 2.51. The first-order valence-corrected chi connectivity index (χ1v) is 5.65. The van der Waals surface area contributed by atoms with E-state index >= 15 is 0 Å². The highest BCUT2D eigenvalue weighted by molar-refractivity contribution is 5.12. The zero-order valence-corrected chi connectivity index (χ0v) is 8.69. The lowest BCUT2D eigenvalue weighted by molar-refractivity contribution is 0.0108. The van der Waals surface area contributed by atoms with Crippen molar-refractivity contribution in [2.24, 2.45) is 11.8 Å². The van der Waals surface area contributed by atoms with E-state index in [4.69, 9.17) is 0 Å². The van der Waals surface area contributed by atoms with Crippen LogP contribution < -0.4 is 0 Å². The lowest BCUT2D eigenvalue weighted by Crippen LogP contribution is -2.56. The monoisotopic (exact) mass is 191 g/mol. The molecule has 0 saturated carbocycles. The Bertz CT molecular complexity index is 275. The van der Waals surface area contributed by atoms with Gasteiger partial charge in [-0.05, 0) is 44.8 Å². The Kier molecular flexibility index (Phi) is 1.83. The molecule has 4 heterocycles. The van der Waals surface area contributed by atoms with Gasteiger partial charge in [0.1, 0.15) is 6.04 Å². The summed E-state index contributed by atoms with van der Waals surface area (Å²) in [6.07, 6.45) is 2.74. The Morgan fingerprint density at radius 2 is 2.00 bits per heavy atom. The third kappa shape index (κ3) is 0.986. The van der Waals surface area contributed by atoms with Gasteiger partial charge >= 0.3 is 0 Å². The van der Waals surface area contributed by atoms with Gasteiger partial charge in [-0.1, -0.05) is 0 Å². The minimum Gasteiger partial charge on any atom is -0.297 e. The number of rotatable bonds is 0. The van der Waals surface area contributed by atoms with Gasteiger partial charge < -0.3 is 0 Å². The van der Waals surface area contributed by atoms with Crippen LogP contribution in [0.25, 0.3) is 0 Å². The summed E-state index contributed by atoms with van der Waals surface area (Å²) in [6.45, 7) is 3.61. The number of nitrogens with zero attached hydrogens (tertiary/aromatic N) is 3. The minimum atomic E-state index is 0.156. The van der Waals surface area contributed by atoms with Gasteiger partial charge in [0.05, 0.1) is 6.07 Å². The van der Waals surface area contributed by atoms with Gasteiger partial charge in [0.25, 0.3) is 0 Å². The van der Waals surface area contributed by atoms with Gasteiger partial charge in [-0.25, -0.2) is 0 Å². The molecule has 0 aliphatic carbocycles. The third-order valence-corrected chi connectivity index (χ3v) is 4.47. The molecular formula is C11H17N3. The molecule has 4 aliphatic rings. The first kappa shape index (κ1) is 8.70. The van der Waals surface area contributed by atoms with Crippen molar-refractivity contribution in [1.82, 2.24) is 9.80 Å². The van der Waals surface area contributed by atoms with Crippen molar-refractivity contribution < 1.29 is 0 Å². The van der Waals surface area contributed by atoms with Crippen molar-refractivity contribution in [3.63, 3.8) is 0 Å². The smallest absolute Gasteiger partial charge is 0.114 e. The van der Waals surface area contributed by atoms with Crippen molar-refractivity contribution in [3.8, 4) is 6.07 Å². The Balaban J connectivity index is 1.92. The second-order valence-corrected chi connectivity index (χ2v) is 5.04. The van der Waals surface area contributed by atoms with Crippen LogP contribution in [-0.2, 0) is 0 Å². The molecule has 0 amide bonds. The van der Waals surface area contributed by atoms with Crippen LogP contribution in [-0.4, -0.2) is 48.6 Å². The molecule has 3 heteroatoms. The van der Waals surface area contributed by atoms with Crippen LogP contribution in [0.15, 0.2) is 0 Å². The van der Waals surface area contributed by atoms with E-state index < -0.39 is 0 Å². The van der Waals surface area contributed by atoms with E-state index in [0.717, 1.165) is 18.4 Å². The summed E-state index contributed by atoms with van der Waals surface area (Å²) in [5.74, 6) is 1.69. The molecule has 3 unspecified atom stereocenters. The molecule has 0 aromatic carbocycles. The molecule has 2 bridgehead atoms. The quantitative estimate of drug-likeness (QED) is 0.559. The van der Waals surface area contributed by atoms with E-state index in [1.54, 1.807) is 0 Å². The maximum absolute atomic E-state index is 9.19. The topological polar surface area (TPSA) is 30.3 Å². The highest BCUT2D eigenvalue weighted by Crippen LogP contribution is 2.43. The molecule has 0 aromatic rings. The van der Waals surface area contributed by atoms with Crippen molar-refractivity contribution in [1.29, 1.82) is 5.26 Å². The highest BCUT2D eigenvalue weighted by atomic mass is 15.3. The lowest BCUT2D eigenvalue weighted by Gasteiger charge is -2.48. The second-order valence-electron chi connectivity index (χ2n) is 5.04. The number of piperidine rings is 3. The van der Waals surface area contributed by atoms with Crippen LogP contribution in [0, 0.1) is 23.2 Å². The Hall–Kier alpha value is -0.590. The molecular weight excluding hydrogens is 174 g/mol. The average molecular weight is 191 g/mol. The molecule has 4 saturated heterocycles. The number of likely N-dealkylation sites (tertiary alicyclic amines) is 1. The number of nitriles is 1. The zero-order chi connectivity index (χ0) is 9.71. The number of hydrogen-bond donors (Lipinski definition) is 0. The van der Waals surface area contributed by atoms with Gasteiger partial charge in [-0.15, -0.1) is 0 Å². The predicted molar refractivity (Wildman–Crippen MR) is 53.6 cm³/mol. The fourth-order valence-electron chi connectivity index (χ4n) is 3.77. The van der Waals surface area contributed by atoms with Crippen molar-refractivity contribution in [2.75, 3.05) is 26.7 Å². The molecule has 4 aliphatic heterocycles. The molecule has 3 atom stereocenters. The third-order valence-electron chi connectivity index (χ3n) is 4.47. The van der Waals surface area contributed by atoms with Crippen LogP contribution in [0.3, 0.4) is 0 Å². The summed E-state index contributed by atoms with van der Waals surface area (Å²) in [4.78, 5) is 4.81. The molecule has 0 N–H and O–H groups in total. The second kappa shape index (κ2) is 2.95. The van der Waals surface area contributed by atoms with Crippen molar-refractivity contribution >= 4 is 0 Å². The Morgan fingerprint density at radius 3 is 2.64 bits per heavy atom. The van der Waals surface area contributed by atoms with Gasteiger partial charge in [-0.3, -0.25) is 9.80 Å². The van der Waals surface area contributed by atoms with E-state index in [2.05, 4.69) is 22.9 Å². The Morgan fingerprint density at radius 1 is 1.29 bits per heavy atom. The van der Waals surface area contributed by atoms with E-state index in [0.29, 0.717) is 6.04 Å². The Labute approximate surface area is 85.3 Å². The van der Waals surface area contributed by atoms with E-state index in [1.165, 1.54) is 25.9 Å². The minimum absolute atomic E-state index is 0.156. The van der Waals surface area contributed by atoms with Crippen LogP contribution >= 0.6 is 0 Å². The van der Waals surface area contributed by atoms with E-state index in [-0.39, 0.29) is 6.04 Å². The summed E-state index contributed by atoms with van der Waals surface area (Å²) in [6, 6.07) is 3.19. The van der Waals surface area contributed by atoms with E-state index in [1.807, 2.05) is 0 Å². The first-order valence-electron chi connectivity index (χ1n) is 5.65. The SMILES string of the molecule is CN1CC2C3CCN(CC3)C2C1C#N. The van der Waals surface area contributed by atoms with Crippen molar-refractivity contribution in [2.45, 2.75) is 24.9 Å². The molecule has 14 heavy (non-hydrogen) atoms. The average Bonchev–Trinajstić information content (AvgIpc) is 2.57. The van der Waals surface area contributed by atoms with Gasteiger partial charge in [0, 0.05) is 12.6 Å². The summed E-state index contributed by atoms with van der Waals surface area (Å²) in [7, 11) is 2.10. The van der Waals surface area contributed by atoms with Gasteiger partial charge in [0.15, 0.2) is 0 Å². The summed E-state index contributed by atoms with van der Waals surface area (Å²) < 4.78 is 0. The normalized spacial score (nSPS) is 51.6. The largest absolute Gasteiger partial charge is 0.297 e. The fourth-order valence-corrected chi connectivity index (χ4v) is 3.77. The fraction of sp³-hybridized carbons (Fsp3) is 0.909. The van der Waals surface area contributed by atoms with Gasteiger partial charge in [0.2, 0.25) is 0 Å². The maximum atomic E-state index is 9.19. The summed E-state index contributed by atoms with van der Waals surface area (Å²) in [5.41, 5.74) is 0. The molecule has 0 aromatic heterocycles. The number of hydrogen-bond acceptors (Lipinski definition) is 3. The molecule has 0 spiro atoms. The van der Waals surface area contributed by atoms with Crippen LogP contribution in [0.4, 0.5) is 0 Å². The predicted octanol–water partition coefficient (Wildman–Crippen LogP) is 0.534. The van der Waals surface area contributed by atoms with Crippen LogP contribution in [0.5, 0.6) is 0 Å². The molecule has 4 fully saturated rings. The molecule has 0 radical (unpaired) electrons. The maximum Gasteiger partial charge on any atom is 0.114 e. The van der Waals surface area contributed by atoms with Crippen LogP contribution in [0.1, 0.15) is 12.8 Å². The lowest BCUT2D eigenvalue weighted by atomic mass is 9.74.